The van der Waals surface area contributed by atoms with Gasteiger partial charge in [-0.3, -0.25) is 0 Å². The molecule has 0 spiro atoms. The van der Waals surface area contributed by atoms with Crippen molar-refractivity contribution in [2.75, 3.05) is 37.7 Å². The zero-order valence-corrected chi connectivity index (χ0v) is 15.6. The number of ether oxygens (including phenoxy) is 1. The summed E-state index contributed by atoms with van der Waals surface area (Å²) in [5.41, 5.74) is 1.89. The highest BCUT2D eigenvalue weighted by Crippen LogP contribution is 2.31. The first-order valence-electron chi connectivity index (χ1n) is 8.28. The molecule has 1 saturated heterocycles. The largest absolute Gasteiger partial charge is 0.378 e. The second-order valence-corrected chi connectivity index (χ2v) is 9.25. The maximum absolute atomic E-state index is 12.9. The fourth-order valence-electron chi connectivity index (χ4n) is 3.27. The smallest absolute Gasteiger partial charge is 0.252 e. The summed E-state index contributed by atoms with van der Waals surface area (Å²) < 4.78 is 33.1. The summed E-state index contributed by atoms with van der Waals surface area (Å²) in [7, 11) is -3.47. The van der Waals surface area contributed by atoms with Gasteiger partial charge in [-0.05, 0) is 18.4 Å². The van der Waals surface area contributed by atoms with E-state index in [0.717, 1.165) is 36.0 Å². The minimum atomic E-state index is -3.47. The fourth-order valence-corrected chi connectivity index (χ4v) is 5.83. The van der Waals surface area contributed by atoms with Gasteiger partial charge in [0, 0.05) is 38.2 Å². The van der Waals surface area contributed by atoms with E-state index < -0.39 is 10.0 Å². The Morgan fingerprint density at radius 2 is 2.00 bits per heavy atom. The van der Waals surface area contributed by atoms with Gasteiger partial charge in [0.1, 0.15) is 15.9 Å². The van der Waals surface area contributed by atoms with Crippen LogP contribution in [-0.2, 0) is 27.7 Å². The number of fused-ring (bicyclic) bond motifs is 1. The maximum Gasteiger partial charge on any atom is 0.252 e. The Morgan fingerprint density at radius 3 is 2.72 bits per heavy atom. The van der Waals surface area contributed by atoms with Crippen LogP contribution in [0.3, 0.4) is 0 Å². The van der Waals surface area contributed by atoms with Crippen LogP contribution >= 0.6 is 11.3 Å². The first-order valence-corrected chi connectivity index (χ1v) is 10.6. The van der Waals surface area contributed by atoms with Crippen molar-refractivity contribution in [2.24, 2.45) is 0 Å². The van der Waals surface area contributed by atoms with Crippen molar-refractivity contribution in [2.45, 2.75) is 24.1 Å². The Balaban J connectivity index is 1.70. The summed E-state index contributed by atoms with van der Waals surface area (Å²) >= 11 is 1.25. The highest BCUT2D eigenvalue weighted by Gasteiger charge is 2.32. The Hall–Kier alpha value is -1.55. The molecule has 0 aliphatic carbocycles. The second kappa shape index (κ2) is 6.64. The van der Waals surface area contributed by atoms with E-state index in [1.807, 2.05) is 6.92 Å². The fraction of sp³-hybridized carbons (Fsp3) is 0.500. The summed E-state index contributed by atoms with van der Waals surface area (Å²) in [5.74, 6) is 1.59. The topological polar surface area (TPSA) is 75.6 Å². The van der Waals surface area contributed by atoms with E-state index >= 15 is 0 Å². The lowest BCUT2D eigenvalue weighted by atomic mass is 10.1. The number of hydrogen-bond donors (Lipinski definition) is 0. The number of nitrogens with zero attached hydrogens (tertiary/aromatic N) is 4. The number of hydrogen-bond acceptors (Lipinski definition) is 7. The van der Waals surface area contributed by atoms with Gasteiger partial charge in [0.25, 0.3) is 10.0 Å². The molecule has 0 bridgehead atoms. The van der Waals surface area contributed by atoms with E-state index in [1.54, 1.807) is 21.8 Å². The van der Waals surface area contributed by atoms with Crippen LogP contribution in [0.15, 0.2) is 21.7 Å². The molecular weight excluding hydrogens is 360 g/mol. The molecule has 0 radical (unpaired) electrons. The highest BCUT2D eigenvalue weighted by molar-refractivity contribution is 7.91. The van der Waals surface area contributed by atoms with Crippen molar-refractivity contribution < 1.29 is 13.2 Å². The molecule has 2 aromatic heterocycles. The van der Waals surface area contributed by atoms with Crippen molar-refractivity contribution in [3.05, 3.63) is 34.6 Å². The first-order chi connectivity index (χ1) is 12.1. The molecule has 134 valence electrons. The lowest BCUT2D eigenvalue weighted by Crippen LogP contribution is -2.41. The van der Waals surface area contributed by atoms with Gasteiger partial charge in [0.05, 0.1) is 18.9 Å². The van der Waals surface area contributed by atoms with Crippen LogP contribution in [0.4, 0.5) is 5.82 Å². The van der Waals surface area contributed by atoms with Crippen molar-refractivity contribution in [3.63, 3.8) is 0 Å². The Bertz CT molecular complexity index is 862. The number of rotatable bonds is 3. The van der Waals surface area contributed by atoms with Gasteiger partial charge >= 0.3 is 0 Å². The van der Waals surface area contributed by atoms with E-state index in [9.17, 15) is 8.42 Å². The zero-order valence-electron chi connectivity index (χ0n) is 14.0. The summed E-state index contributed by atoms with van der Waals surface area (Å²) in [6, 6.07) is 3.42. The third-order valence-corrected chi connectivity index (χ3v) is 7.73. The van der Waals surface area contributed by atoms with Crippen LogP contribution in [0.5, 0.6) is 0 Å². The predicted octanol–water partition coefficient (Wildman–Crippen LogP) is 1.43. The summed E-state index contributed by atoms with van der Waals surface area (Å²) in [5, 5.41) is 1.79. The number of aromatic nitrogens is 2. The molecule has 0 amide bonds. The molecular formula is C16H20N4O3S2. The van der Waals surface area contributed by atoms with Gasteiger partial charge in [-0.2, -0.15) is 4.31 Å². The third kappa shape index (κ3) is 3.17. The molecule has 9 heteroatoms. The number of thiophene rings is 1. The molecule has 0 N–H and O–H groups in total. The summed E-state index contributed by atoms with van der Waals surface area (Å²) in [6.07, 6.45) is 0.612. The Labute approximate surface area is 151 Å². The van der Waals surface area contributed by atoms with Gasteiger partial charge in [-0.1, -0.05) is 6.07 Å². The van der Waals surface area contributed by atoms with Crippen molar-refractivity contribution in [3.8, 4) is 0 Å². The number of morpholine rings is 1. The molecule has 7 nitrogen and oxygen atoms in total. The van der Waals surface area contributed by atoms with Gasteiger partial charge < -0.3 is 9.64 Å². The monoisotopic (exact) mass is 380 g/mol. The van der Waals surface area contributed by atoms with E-state index in [1.165, 1.54) is 11.3 Å². The third-order valence-electron chi connectivity index (χ3n) is 4.52. The van der Waals surface area contributed by atoms with Crippen LogP contribution in [0.25, 0.3) is 0 Å². The van der Waals surface area contributed by atoms with Crippen LogP contribution in [0.2, 0.25) is 0 Å². The summed E-state index contributed by atoms with van der Waals surface area (Å²) in [6.45, 7) is 5.51. The van der Waals surface area contributed by atoms with Gasteiger partial charge in [-0.15, -0.1) is 11.3 Å². The molecule has 2 aliphatic heterocycles. The molecule has 4 heterocycles. The van der Waals surface area contributed by atoms with Crippen molar-refractivity contribution in [1.29, 1.82) is 0 Å². The minimum Gasteiger partial charge on any atom is -0.378 e. The Kier molecular flexibility index (Phi) is 4.48. The maximum atomic E-state index is 12.9. The van der Waals surface area contributed by atoms with E-state index in [4.69, 9.17) is 4.74 Å². The van der Waals surface area contributed by atoms with Crippen LogP contribution in [-0.4, -0.2) is 55.5 Å². The minimum absolute atomic E-state index is 0.322. The normalized spacial score (nSPS) is 19.0. The molecule has 2 aliphatic rings. The summed E-state index contributed by atoms with van der Waals surface area (Å²) in [4.78, 5) is 11.4. The molecule has 0 aromatic carbocycles. The van der Waals surface area contributed by atoms with Crippen molar-refractivity contribution in [1.82, 2.24) is 14.3 Å². The molecule has 2 aromatic rings. The van der Waals surface area contributed by atoms with E-state index in [-0.39, 0.29) is 0 Å². The second-order valence-electron chi connectivity index (χ2n) is 6.14. The lowest BCUT2D eigenvalue weighted by Gasteiger charge is -2.33. The molecule has 25 heavy (non-hydrogen) atoms. The average Bonchev–Trinajstić information content (AvgIpc) is 3.17. The highest BCUT2D eigenvalue weighted by atomic mass is 32.2. The van der Waals surface area contributed by atoms with E-state index in [2.05, 4.69) is 14.9 Å². The van der Waals surface area contributed by atoms with Crippen LogP contribution in [0.1, 0.15) is 17.1 Å². The van der Waals surface area contributed by atoms with Gasteiger partial charge in [-0.25, -0.2) is 18.4 Å². The van der Waals surface area contributed by atoms with E-state index in [0.29, 0.717) is 36.9 Å². The number of anilines is 1. The Morgan fingerprint density at radius 1 is 1.20 bits per heavy atom. The average molecular weight is 380 g/mol. The zero-order chi connectivity index (χ0) is 17.4. The quantitative estimate of drug-likeness (QED) is 0.802. The SMILES string of the molecule is Cc1nc2c(c(N3CCOCC3)n1)CN(S(=O)(=O)c1cccs1)CC2. The molecule has 0 saturated carbocycles. The number of aryl methyl sites for hydroxylation is 1. The molecule has 1 fully saturated rings. The van der Waals surface area contributed by atoms with Gasteiger partial charge in [0.2, 0.25) is 0 Å². The molecule has 4 rings (SSSR count). The predicted molar refractivity (Wildman–Crippen MR) is 95.4 cm³/mol. The number of sulfonamides is 1. The van der Waals surface area contributed by atoms with Crippen LogP contribution < -0.4 is 4.90 Å². The molecule has 0 unspecified atom stereocenters. The van der Waals surface area contributed by atoms with Gasteiger partial charge in [0.15, 0.2) is 0 Å². The standard InChI is InChI=1S/C16H20N4O3S2/c1-12-17-14-4-5-20(25(21,22)15-3-2-10-24-15)11-13(14)16(18-12)19-6-8-23-9-7-19/h2-3,10H,4-9,11H2,1H3. The first kappa shape index (κ1) is 16.9. The lowest BCUT2D eigenvalue weighted by molar-refractivity contribution is 0.122. The molecule has 0 atom stereocenters. The van der Waals surface area contributed by atoms with Crippen LogP contribution in [0, 0.1) is 6.92 Å². The van der Waals surface area contributed by atoms with Crippen molar-refractivity contribution >= 4 is 27.2 Å².